The van der Waals surface area contributed by atoms with Crippen LogP contribution in [0.4, 0.5) is 11.5 Å². The largest absolute Gasteiger partial charge is 0.396 e. The summed E-state index contributed by atoms with van der Waals surface area (Å²) >= 11 is 3.25. The highest BCUT2D eigenvalue weighted by atomic mass is 79.9. The molecule has 0 aromatic carbocycles. The number of nitrogens with one attached hydrogen (secondary N) is 1. The maximum absolute atomic E-state index is 11.9. The number of carbonyl (C=O) groups is 1. The van der Waals surface area contributed by atoms with E-state index in [2.05, 4.69) is 31.2 Å². The van der Waals surface area contributed by atoms with Crippen molar-refractivity contribution in [1.82, 2.24) is 9.97 Å². The number of nitrogens with zero attached hydrogens (tertiary/aromatic N) is 2. The summed E-state index contributed by atoms with van der Waals surface area (Å²) in [6, 6.07) is 5.04. The quantitative estimate of drug-likeness (QED) is 0.888. The lowest BCUT2D eigenvalue weighted by Crippen LogP contribution is -2.14. The lowest BCUT2D eigenvalue weighted by atomic mass is 10.2. The van der Waals surface area contributed by atoms with E-state index in [0.717, 1.165) is 4.47 Å². The van der Waals surface area contributed by atoms with E-state index in [1.165, 1.54) is 6.20 Å². The van der Waals surface area contributed by atoms with E-state index in [-0.39, 0.29) is 5.91 Å². The number of halogens is 1. The Hall–Kier alpha value is -1.95. The molecular weight excluding hydrogens is 284 g/mol. The lowest BCUT2D eigenvalue weighted by Gasteiger charge is -2.06. The summed E-state index contributed by atoms with van der Waals surface area (Å²) in [7, 11) is 0. The van der Waals surface area contributed by atoms with Crippen LogP contribution in [0.2, 0.25) is 0 Å². The minimum atomic E-state index is -0.302. The van der Waals surface area contributed by atoms with Crippen molar-refractivity contribution in [2.75, 3.05) is 11.1 Å². The Kier molecular flexibility index (Phi) is 3.34. The Morgan fingerprint density at radius 1 is 1.41 bits per heavy atom. The molecule has 2 heterocycles. The van der Waals surface area contributed by atoms with Crippen molar-refractivity contribution in [3.63, 3.8) is 0 Å². The van der Waals surface area contributed by atoms with Crippen molar-refractivity contribution in [3.05, 3.63) is 46.8 Å². The first-order valence-electron chi connectivity index (χ1n) is 4.79. The lowest BCUT2D eigenvalue weighted by molar-refractivity contribution is 0.102. The van der Waals surface area contributed by atoms with Gasteiger partial charge in [0.2, 0.25) is 0 Å². The third kappa shape index (κ3) is 2.79. The Bertz CT molecular complexity index is 559. The molecule has 86 valence electrons. The van der Waals surface area contributed by atoms with Gasteiger partial charge in [0, 0.05) is 23.1 Å². The van der Waals surface area contributed by atoms with Gasteiger partial charge in [-0.2, -0.15) is 0 Å². The molecule has 2 aromatic heterocycles. The van der Waals surface area contributed by atoms with Crippen LogP contribution in [0.5, 0.6) is 0 Å². The monoisotopic (exact) mass is 292 g/mol. The van der Waals surface area contributed by atoms with Gasteiger partial charge in [0.15, 0.2) is 5.82 Å². The third-order valence-corrected chi connectivity index (χ3v) is 2.47. The number of hydrogen-bond donors (Lipinski definition) is 2. The molecule has 2 rings (SSSR count). The predicted octanol–water partition coefficient (Wildman–Crippen LogP) is 2.07. The number of amides is 1. The van der Waals surface area contributed by atoms with E-state index >= 15 is 0 Å². The topological polar surface area (TPSA) is 80.9 Å². The summed E-state index contributed by atoms with van der Waals surface area (Å²) in [5, 5.41) is 2.62. The van der Waals surface area contributed by atoms with Crippen LogP contribution in [-0.4, -0.2) is 15.9 Å². The zero-order valence-corrected chi connectivity index (χ0v) is 10.3. The zero-order chi connectivity index (χ0) is 12.3. The van der Waals surface area contributed by atoms with Gasteiger partial charge in [0.05, 0.1) is 11.3 Å². The van der Waals surface area contributed by atoms with Crippen LogP contribution < -0.4 is 11.1 Å². The normalized spacial score (nSPS) is 9.94. The molecule has 1 amide bonds. The third-order valence-electron chi connectivity index (χ3n) is 2.04. The molecule has 0 atom stereocenters. The Labute approximate surface area is 106 Å². The second-order valence-corrected chi connectivity index (χ2v) is 4.20. The fourth-order valence-corrected chi connectivity index (χ4v) is 1.60. The molecule has 3 N–H and O–H groups in total. The first-order valence-corrected chi connectivity index (χ1v) is 5.58. The molecule has 0 saturated heterocycles. The van der Waals surface area contributed by atoms with Gasteiger partial charge in [0.25, 0.3) is 5.91 Å². The molecule has 0 aliphatic heterocycles. The van der Waals surface area contributed by atoms with Gasteiger partial charge in [0.1, 0.15) is 0 Å². The summed E-state index contributed by atoms with van der Waals surface area (Å²) in [5.41, 5.74) is 6.53. The molecule has 5 nitrogen and oxygen atoms in total. The maximum Gasteiger partial charge on any atom is 0.258 e. The molecule has 0 aliphatic carbocycles. The predicted molar refractivity (Wildman–Crippen MR) is 68.5 cm³/mol. The summed E-state index contributed by atoms with van der Waals surface area (Å²) in [6.07, 6.45) is 4.64. The Balaban J connectivity index is 2.20. The van der Waals surface area contributed by atoms with Crippen LogP contribution in [0.15, 0.2) is 41.3 Å². The summed E-state index contributed by atoms with van der Waals surface area (Å²) in [5.74, 6) is 0.0432. The summed E-state index contributed by atoms with van der Waals surface area (Å²) < 4.78 is 0.735. The molecule has 0 saturated carbocycles. The van der Waals surface area contributed by atoms with Gasteiger partial charge >= 0.3 is 0 Å². The van der Waals surface area contributed by atoms with Gasteiger partial charge in [-0.3, -0.25) is 9.78 Å². The average molecular weight is 293 g/mol. The highest BCUT2D eigenvalue weighted by molar-refractivity contribution is 9.10. The van der Waals surface area contributed by atoms with Crippen molar-refractivity contribution >= 4 is 33.3 Å². The Morgan fingerprint density at radius 3 is 2.94 bits per heavy atom. The summed E-state index contributed by atoms with van der Waals surface area (Å²) in [4.78, 5) is 19.7. The van der Waals surface area contributed by atoms with Crippen molar-refractivity contribution in [3.8, 4) is 0 Å². The van der Waals surface area contributed by atoms with E-state index in [1.54, 1.807) is 30.6 Å². The van der Waals surface area contributed by atoms with Gasteiger partial charge in [-0.1, -0.05) is 0 Å². The number of pyridine rings is 2. The first kappa shape index (κ1) is 11.5. The fraction of sp³-hybridized carbons (Fsp3) is 0. The number of anilines is 2. The molecule has 17 heavy (non-hydrogen) atoms. The minimum absolute atomic E-state index is 0.302. The minimum Gasteiger partial charge on any atom is -0.396 e. The number of nitrogen functional groups attached to an aromatic ring is 1. The number of rotatable bonds is 2. The Morgan fingerprint density at radius 2 is 2.24 bits per heavy atom. The number of hydrogen-bond acceptors (Lipinski definition) is 4. The molecule has 0 spiro atoms. The molecule has 0 bridgehead atoms. The van der Waals surface area contributed by atoms with Gasteiger partial charge in [-0.15, -0.1) is 0 Å². The highest BCUT2D eigenvalue weighted by Gasteiger charge is 2.09. The fourth-order valence-electron chi connectivity index (χ4n) is 1.24. The standard InChI is InChI=1S/C11H9BrN4O/c12-8-4-7(5-14-6-8)11(17)16-10-9(13)2-1-3-15-10/h1-6H,13H2,(H,15,16,17). The number of nitrogens with two attached hydrogens (primary N) is 1. The van der Waals surface area contributed by atoms with Gasteiger partial charge in [-0.25, -0.2) is 4.98 Å². The van der Waals surface area contributed by atoms with Gasteiger partial charge in [-0.05, 0) is 34.1 Å². The van der Waals surface area contributed by atoms with Crippen LogP contribution in [0.1, 0.15) is 10.4 Å². The van der Waals surface area contributed by atoms with Crippen LogP contribution in [0, 0.1) is 0 Å². The van der Waals surface area contributed by atoms with Crippen molar-refractivity contribution in [2.24, 2.45) is 0 Å². The molecule has 2 aromatic rings. The molecular formula is C11H9BrN4O. The second-order valence-electron chi connectivity index (χ2n) is 3.29. The molecule has 6 heteroatoms. The van der Waals surface area contributed by atoms with Gasteiger partial charge < -0.3 is 11.1 Å². The molecule has 0 radical (unpaired) electrons. The van der Waals surface area contributed by atoms with E-state index in [9.17, 15) is 4.79 Å². The molecule has 0 aliphatic rings. The second kappa shape index (κ2) is 4.92. The van der Waals surface area contributed by atoms with E-state index in [1.807, 2.05) is 0 Å². The molecule has 0 fully saturated rings. The zero-order valence-electron chi connectivity index (χ0n) is 8.72. The highest BCUT2D eigenvalue weighted by Crippen LogP contribution is 2.15. The van der Waals surface area contributed by atoms with Crippen molar-refractivity contribution in [2.45, 2.75) is 0 Å². The molecule has 0 unspecified atom stereocenters. The van der Waals surface area contributed by atoms with Crippen molar-refractivity contribution in [1.29, 1.82) is 0 Å². The smallest absolute Gasteiger partial charge is 0.258 e. The van der Waals surface area contributed by atoms with Crippen molar-refractivity contribution < 1.29 is 4.79 Å². The van der Waals surface area contributed by atoms with Crippen LogP contribution >= 0.6 is 15.9 Å². The maximum atomic E-state index is 11.9. The summed E-state index contributed by atoms with van der Waals surface area (Å²) in [6.45, 7) is 0. The van der Waals surface area contributed by atoms with E-state index < -0.39 is 0 Å². The number of aromatic nitrogens is 2. The first-order chi connectivity index (χ1) is 8.16. The average Bonchev–Trinajstić information content (AvgIpc) is 2.32. The SMILES string of the molecule is Nc1cccnc1NC(=O)c1cncc(Br)c1. The van der Waals surface area contributed by atoms with E-state index in [4.69, 9.17) is 5.73 Å². The van der Waals surface area contributed by atoms with Crippen LogP contribution in [0.25, 0.3) is 0 Å². The van der Waals surface area contributed by atoms with Crippen LogP contribution in [0.3, 0.4) is 0 Å². The van der Waals surface area contributed by atoms with Crippen LogP contribution in [-0.2, 0) is 0 Å². The number of carbonyl (C=O) groups excluding carboxylic acids is 1. The van der Waals surface area contributed by atoms with E-state index in [0.29, 0.717) is 17.1 Å².